The summed E-state index contributed by atoms with van der Waals surface area (Å²) in [6.07, 6.45) is 1.77. The molecule has 4 heterocycles. The summed E-state index contributed by atoms with van der Waals surface area (Å²) < 4.78 is 17.8. The van der Waals surface area contributed by atoms with Crippen LogP contribution < -0.4 is 0 Å². The summed E-state index contributed by atoms with van der Waals surface area (Å²) in [7, 11) is 0. The highest BCUT2D eigenvalue weighted by atomic mass is 16.3. The lowest BCUT2D eigenvalue weighted by molar-refractivity contribution is 0.331. The number of benzene rings is 9. The molecular formula is C64H44N4O2. The Labute approximate surface area is 403 Å². The van der Waals surface area contributed by atoms with Gasteiger partial charge in [0.1, 0.15) is 22.3 Å². The fraction of sp³-hybridized carbons (Fsp3) is 0.125. The number of fused-ring (bicyclic) bond motifs is 13. The Kier molecular flexibility index (Phi) is 8.25. The lowest BCUT2D eigenvalue weighted by Crippen LogP contribution is -2.37. The normalized spacial score (nSPS) is 14.4. The van der Waals surface area contributed by atoms with Crippen LogP contribution in [-0.2, 0) is 10.8 Å². The molecule has 0 saturated carbocycles. The van der Waals surface area contributed by atoms with Gasteiger partial charge in [-0.3, -0.25) is 0 Å². The van der Waals surface area contributed by atoms with E-state index in [0.717, 1.165) is 145 Å². The molecule has 332 valence electrons. The summed E-state index contributed by atoms with van der Waals surface area (Å²) in [5.41, 5.74) is 15.0. The van der Waals surface area contributed by atoms with Gasteiger partial charge in [0.2, 0.25) is 5.69 Å². The van der Waals surface area contributed by atoms with Crippen LogP contribution >= 0.6 is 0 Å². The predicted molar refractivity (Wildman–Crippen MR) is 287 cm³/mol. The van der Waals surface area contributed by atoms with Gasteiger partial charge < -0.3 is 18.0 Å². The van der Waals surface area contributed by atoms with Gasteiger partial charge in [-0.15, -0.1) is 0 Å². The van der Waals surface area contributed by atoms with Crippen LogP contribution in [0.4, 0.5) is 5.69 Å². The number of hydrogen-bond acceptors (Lipinski definition) is 3. The second-order valence-corrected chi connectivity index (χ2v) is 20.5. The highest BCUT2D eigenvalue weighted by molar-refractivity contribution is 6.20. The highest BCUT2D eigenvalue weighted by Crippen LogP contribution is 2.57. The van der Waals surface area contributed by atoms with Crippen molar-refractivity contribution in [3.05, 3.63) is 198 Å². The van der Waals surface area contributed by atoms with Gasteiger partial charge in [-0.05, 0) is 106 Å². The molecule has 0 atom stereocenters. The topological polar surface area (TPSA) is 64.3 Å². The largest absolute Gasteiger partial charge is 0.456 e. The first-order valence-electron chi connectivity index (χ1n) is 24.0. The van der Waals surface area contributed by atoms with E-state index in [-0.39, 0.29) is 0 Å². The number of aromatic nitrogens is 2. The van der Waals surface area contributed by atoms with Crippen molar-refractivity contribution in [2.45, 2.75) is 51.4 Å². The molecule has 9 aromatic carbocycles. The van der Waals surface area contributed by atoms with Gasteiger partial charge in [0, 0.05) is 55.2 Å². The Morgan fingerprint density at radius 3 is 1.34 bits per heavy atom. The third-order valence-corrected chi connectivity index (χ3v) is 15.6. The molecule has 6 heteroatoms. The molecule has 0 unspecified atom stereocenters. The Morgan fingerprint density at radius 1 is 0.443 bits per heavy atom. The van der Waals surface area contributed by atoms with Gasteiger partial charge >= 0.3 is 0 Å². The summed E-state index contributed by atoms with van der Waals surface area (Å²) in [5, 5.41) is 20.3. The van der Waals surface area contributed by atoms with Crippen molar-refractivity contribution in [2.24, 2.45) is 0 Å². The zero-order valence-electron chi connectivity index (χ0n) is 39.2. The van der Waals surface area contributed by atoms with E-state index in [1.807, 2.05) is 36.4 Å². The number of rotatable bonds is 4. The van der Waals surface area contributed by atoms with Crippen molar-refractivity contribution in [1.82, 2.24) is 9.13 Å². The summed E-state index contributed by atoms with van der Waals surface area (Å²) in [6.45, 7) is 18.6. The van der Waals surface area contributed by atoms with Crippen LogP contribution in [0.15, 0.2) is 179 Å². The van der Waals surface area contributed by atoms with E-state index in [2.05, 4.69) is 181 Å². The maximum absolute atomic E-state index is 11.9. The van der Waals surface area contributed by atoms with E-state index >= 15 is 0 Å². The maximum Gasteiger partial charge on any atom is 0.230 e. The lowest BCUT2D eigenvalue weighted by atomic mass is 9.61. The van der Waals surface area contributed by atoms with Crippen LogP contribution in [0.25, 0.3) is 126 Å². The molecule has 0 spiro atoms. The van der Waals surface area contributed by atoms with E-state index in [4.69, 9.17) is 8.83 Å². The zero-order valence-corrected chi connectivity index (χ0v) is 39.2. The minimum atomic E-state index is -0.414. The quantitative estimate of drug-likeness (QED) is 0.165. The molecule has 70 heavy (non-hydrogen) atoms. The molecule has 6 nitrogen and oxygen atoms in total. The maximum atomic E-state index is 11.9. The molecule has 0 amide bonds. The van der Waals surface area contributed by atoms with Crippen molar-refractivity contribution in [2.75, 3.05) is 0 Å². The number of hydrogen-bond donors (Lipinski definition) is 0. The van der Waals surface area contributed by atoms with Crippen LogP contribution in [-0.4, -0.2) is 9.13 Å². The molecule has 1 aliphatic carbocycles. The van der Waals surface area contributed by atoms with E-state index in [9.17, 15) is 11.8 Å². The van der Waals surface area contributed by atoms with Crippen molar-refractivity contribution in [3.63, 3.8) is 0 Å². The van der Waals surface area contributed by atoms with Gasteiger partial charge in [-0.25, -0.2) is 4.85 Å². The van der Waals surface area contributed by atoms with Crippen LogP contribution in [0.5, 0.6) is 0 Å². The Bertz CT molecular complexity index is 4200. The predicted octanol–water partition coefficient (Wildman–Crippen LogP) is 17.8. The van der Waals surface area contributed by atoms with Crippen molar-refractivity contribution in [3.8, 4) is 39.7 Å². The molecule has 0 bridgehead atoms. The smallest absolute Gasteiger partial charge is 0.230 e. The minimum absolute atomic E-state index is 0.332. The van der Waals surface area contributed by atoms with Gasteiger partial charge in [-0.2, -0.15) is 5.26 Å². The summed E-state index contributed by atoms with van der Waals surface area (Å²) >= 11 is 0. The van der Waals surface area contributed by atoms with E-state index in [0.29, 0.717) is 11.3 Å². The number of furan rings is 2. The number of nitriles is 1. The third-order valence-electron chi connectivity index (χ3n) is 15.6. The molecule has 4 aromatic heterocycles. The Hall–Kier alpha value is -8.84. The second-order valence-electron chi connectivity index (χ2n) is 20.5. The number of nitrogens with zero attached hydrogens (tertiary/aromatic N) is 4. The summed E-state index contributed by atoms with van der Waals surface area (Å²) in [6, 6.07) is 62.3. The number of para-hydroxylation sites is 2. The van der Waals surface area contributed by atoms with Gasteiger partial charge in [0.25, 0.3) is 0 Å². The molecule has 14 rings (SSSR count). The standard InChI is InChI=1S/C64H44N4O2/c1-63(2)28-29-64(3,4)59-58(63)61(67-50-26-24-39(37-16-8-6-9-17-37)30-43(50)45-32-47-41-20-12-14-22-54(41)69-56(47)34-52(45)67)49(36-65)60(66-5)62(59)68-51-27-25-40(38-18-10-7-11-19-38)31-44(51)46-33-48-42-21-13-15-23-55(42)70-57(48)35-53(46)68/h6-27,30-35H,28-29H2,1-4H3. The van der Waals surface area contributed by atoms with Crippen LogP contribution in [0.1, 0.15) is 57.2 Å². The Balaban J connectivity index is 1.16. The third kappa shape index (κ3) is 5.53. The molecule has 0 N–H and O–H groups in total. The average Bonchev–Trinajstić information content (AvgIpc) is 4.12. The van der Waals surface area contributed by atoms with Gasteiger partial charge in [0.15, 0.2) is 0 Å². The van der Waals surface area contributed by atoms with Crippen LogP contribution in [0, 0.1) is 17.9 Å². The first-order valence-corrected chi connectivity index (χ1v) is 24.0. The SMILES string of the molecule is [C-]#[N+]c1c(C#N)c(-n2c3ccc(-c4ccccc4)cc3c3cc4c(cc32)oc2ccccc24)c2c(c1-n1c3ccc(-c4ccccc4)cc3c3cc4c(cc31)oc1ccccc14)C(C)(C)CCC2(C)C. The van der Waals surface area contributed by atoms with Crippen molar-refractivity contribution < 1.29 is 8.83 Å². The van der Waals surface area contributed by atoms with Crippen LogP contribution in [0.3, 0.4) is 0 Å². The van der Waals surface area contributed by atoms with Gasteiger partial charge in [-0.1, -0.05) is 137 Å². The zero-order chi connectivity index (χ0) is 47.2. The monoisotopic (exact) mass is 900 g/mol. The fourth-order valence-corrected chi connectivity index (χ4v) is 12.1. The molecule has 0 aliphatic heterocycles. The van der Waals surface area contributed by atoms with E-state index in [1.165, 1.54) is 0 Å². The van der Waals surface area contributed by atoms with Gasteiger partial charge in [0.05, 0.1) is 51.6 Å². The van der Waals surface area contributed by atoms with Crippen LogP contribution in [0.2, 0.25) is 0 Å². The molecular weight excluding hydrogens is 857 g/mol. The Morgan fingerprint density at radius 2 is 0.871 bits per heavy atom. The summed E-state index contributed by atoms with van der Waals surface area (Å²) in [5.74, 6) is 0. The first-order chi connectivity index (χ1) is 34.1. The highest BCUT2D eigenvalue weighted by Gasteiger charge is 2.45. The molecule has 0 radical (unpaired) electrons. The fourth-order valence-electron chi connectivity index (χ4n) is 12.1. The average molecular weight is 901 g/mol. The van der Waals surface area contributed by atoms with E-state index in [1.54, 1.807) is 0 Å². The molecule has 1 aliphatic rings. The molecule has 13 aromatic rings. The second kappa shape index (κ2) is 14.3. The minimum Gasteiger partial charge on any atom is -0.456 e. The lowest BCUT2D eigenvalue weighted by Gasteiger charge is -2.45. The first kappa shape index (κ1) is 40.2. The molecule has 0 fully saturated rings. The molecule has 0 saturated heterocycles. The van der Waals surface area contributed by atoms with Crippen molar-refractivity contribution >= 4 is 93.2 Å². The summed E-state index contributed by atoms with van der Waals surface area (Å²) in [4.78, 5) is 4.51. The van der Waals surface area contributed by atoms with Crippen molar-refractivity contribution in [1.29, 1.82) is 5.26 Å². The van der Waals surface area contributed by atoms with E-state index < -0.39 is 10.8 Å².